The van der Waals surface area contributed by atoms with Gasteiger partial charge in [0.05, 0.1) is 4.92 Å². The van der Waals surface area contributed by atoms with Crippen molar-refractivity contribution in [2.45, 2.75) is 0 Å². The number of fused-ring (bicyclic) bond motifs is 1. The number of nitrogens with zero attached hydrogens (tertiary/aromatic N) is 1. The van der Waals surface area contributed by atoms with Crippen LogP contribution >= 0.6 is 12.2 Å². The summed E-state index contributed by atoms with van der Waals surface area (Å²) in [6.07, 6.45) is 0. The second-order valence-electron chi connectivity index (χ2n) is 6.90. The minimum absolute atomic E-state index is 0.0190. The van der Waals surface area contributed by atoms with E-state index in [9.17, 15) is 19.7 Å². The maximum Gasteiger partial charge on any atom is 0.291 e. The van der Waals surface area contributed by atoms with E-state index in [2.05, 4.69) is 16.0 Å². The Bertz CT molecular complexity index is 1350. The minimum Gasteiger partial charge on any atom is -0.451 e. The number of nitrogens with one attached hydrogen (secondary N) is 3. The van der Waals surface area contributed by atoms with Crippen LogP contribution in [0.1, 0.15) is 20.9 Å². The van der Waals surface area contributed by atoms with Crippen LogP contribution < -0.4 is 16.0 Å². The summed E-state index contributed by atoms with van der Waals surface area (Å²) < 4.78 is 5.55. The second kappa shape index (κ2) is 9.28. The van der Waals surface area contributed by atoms with Crippen LogP contribution in [0, 0.1) is 10.1 Å². The zero-order valence-corrected chi connectivity index (χ0v) is 17.7. The molecule has 0 fully saturated rings. The van der Waals surface area contributed by atoms with Gasteiger partial charge in [-0.1, -0.05) is 24.3 Å². The Hall–Kier alpha value is -4.57. The fraction of sp³-hybridized carbons (Fsp3) is 0. The van der Waals surface area contributed by atoms with Crippen molar-refractivity contribution in [3.63, 3.8) is 0 Å². The molecule has 10 heteroatoms. The monoisotopic (exact) mass is 460 g/mol. The highest BCUT2D eigenvalue weighted by Gasteiger charge is 2.14. The molecule has 0 aliphatic carbocycles. The first kappa shape index (κ1) is 21.7. The van der Waals surface area contributed by atoms with Crippen molar-refractivity contribution in [2.75, 3.05) is 10.6 Å². The number of benzene rings is 3. The second-order valence-corrected chi connectivity index (χ2v) is 7.30. The molecule has 4 aromatic rings. The van der Waals surface area contributed by atoms with Gasteiger partial charge in [-0.2, -0.15) is 0 Å². The van der Waals surface area contributed by atoms with E-state index in [1.54, 1.807) is 36.4 Å². The van der Waals surface area contributed by atoms with Crippen molar-refractivity contribution in [3.05, 3.63) is 100 Å². The third kappa shape index (κ3) is 5.20. The summed E-state index contributed by atoms with van der Waals surface area (Å²) in [4.78, 5) is 35.0. The summed E-state index contributed by atoms with van der Waals surface area (Å²) in [5.41, 5.74) is 1.65. The van der Waals surface area contributed by atoms with Gasteiger partial charge in [0.15, 0.2) is 10.9 Å². The first-order valence-corrected chi connectivity index (χ1v) is 10.1. The molecule has 0 radical (unpaired) electrons. The number of hydrogen-bond donors (Lipinski definition) is 3. The van der Waals surface area contributed by atoms with Gasteiger partial charge in [-0.3, -0.25) is 25.0 Å². The highest BCUT2D eigenvalue weighted by molar-refractivity contribution is 7.80. The summed E-state index contributed by atoms with van der Waals surface area (Å²) in [5, 5.41) is 19.8. The first-order valence-electron chi connectivity index (χ1n) is 9.66. The van der Waals surface area contributed by atoms with Crippen LogP contribution in [0.3, 0.4) is 0 Å². The van der Waals surface area contributed by atoms with Gasteiger partial charge in [0.1, 0.15) is 5.58 Å². The molecule has 33 heavy (non-hydrogen) atoms. The fourth-order valence-electron chi connectivity index (χ4n) is 3.02. The van der Waals surface area contributed by atoms with Crippen molar-refractivity contribution in [3.8, 4) is 0 Å². The maximum absolute atomic E-state index is 12.4. The van der Waals surface area contributed by atoms with E-state index in [1.165, 1.54) is 18.2 Å². The van der Waals surface area contributed by atoms with Crippen LogP contribution in [-0.2, 0) is 0 Å². The molecule has 1 aromatic heterocycles. The number of nitro benzene ring substituents is 1. The number of rotatable bonds is 5. The molecule has 4 rings (SSSR count). The number of thiocarbonyl (C=S) groups is 1. The van der Waals surface area contributed by atoms with Gasteiger partial charge in [-0.05, 0) is 54.7 Å². The average molecular weight is 460 g/mol. The number of furan rings is 1. The molecule has 0 saturated carbocycles. The number of carbonyl (C=O) groups is 2. The van der Waals surface area contributed by atoms with E-state index < -0.39 is 10.8 Å². The molecule has 0 saturated heterocycles. The van der Waals surface area contributed by atoms with Crippen LogP contribution in [0.2, 0.25) is 0 Å². The number of anilines is 2. The third-order valence-corrected chi connectivity index (χ3v) is 4.80. The molecule has 2 amide bonds. The largest absolute Gasteiger partial charge is 0.451 e. The van der Waals surface area contributed by atoms with Crippen molar-refractivity contribution in [1.82, 2.24) is 5.32 Å². The third-order valence-electron chi connectivity index (χ3n) is 4.60. The SMILES string of the molecule is O=C(NC(=S)Nc1ccc(NC(=O)c2cc3ccccc3o2)cc1)c1cccc([N+](=O)[O-])c1. The van der Waals surface area contributed by atoms with Crippen molar-refractivity contribution < 1.29 is 18.9 Å². The summed E-state index contributed by atoms with van der Waals surface area (Å²) in [7, 11) is 0. The fourth-order valence-corrected chi connectivity index (χ4v) is 3.23. The van der Waals surface area contributed by atoms with E-state index in [1.807, 2.05) is 18.2 Å². The molecule has 3 N–H and O–H groups in total. The Morgan fingerprint density at radius 3 is 2.24 bits per heavy atom. The summed E-state index contributed by atoms with van der Waals surface area (Å²) >= 11 is 5.14. The van der Waals surface area contributed by atoms with Crippen LogP contribution in [0.15, 0.2) is 83.3 Å². The lowest BCUT2D eigenvalue weighted by Gasteiger charge is -2.10. The normalized spacial score (nSPS) is 10.4. The van der Waals surface area contributed by atoms with Gasteiger partial charge in [0.2, 0.25) is 0 Å². The first-order chi connectivity index (χ1) is 15.9. The summed E-state index contributed by atoms with van der Waals surface area (Å²) in [6.45, 7) is 0. The molecule has 164 valence electrons. The van der Waals surface area contributed by atoms with E-state index in [0.29, 0.717) is 17.0 Å². The Morgan fingerprint density at radius 2 is 1.55 bits per heavy atom. The van der Waals surface area contributed by atoms with Crippen molar-refractivity contribution in [2.24, 2.45) is 0 Å². The van der Waals surface area contributed by atoms with E-state index in [0.717, 1.165) is 11.5 Å². The van der Waals surface area contributed by atoms with Crippen molar-refractivity contribution >= 4 is 57.2 Å². The van der Waals surface area contributed by atoms with Crippen LogP contribution in [0.5, 0.6) is 0 Å². The van der Waals surface area contributed by atoms with Crippen molar-refractivity contribution in [1.29, 1.82) is 0 Å². The Balaban J connectivity index is 1.34. The molecule has 0 aliphatic heterocycles. The number of hydrogen-bond acceptors (Lipinski definition) is 6. The van der Waals surface area contributed by atoms with Gasteiger partial charge >= 0.3 is 0 Å². The number of amides is 2. The molecule has 3 aromatic carbocycles. The van der Waals surface area contributed by atoms with Gasteiger partial charge in [-0.25, -0.2) is 0 Å². The Labute approximate surface area is 192 Å². The molecule has 9 nitrogen and oxygen atoms in total. The average Bonchev–Trinajstić information content (AvgIpc) is 3.25. The van der Waals surface area contributed by atoms with Crippen LogP contribution in [0.4, 0.5) is 17.1 Å². The summed E-state index contributed by atoms with van der Waals surface area (Å²) in [5.74, 6) is -0.763. The minimum atomic E-state index is -0.581. The smallest absolute Gasteiger partial charge is 0.291 e. The Morgan fingerprint density at radius 1 is 0.848 bits per heavy atom. The van der Waals surface area contributed by atoms with E-state index in [-0.39, 0.29) is 28.0 Å². The number of carbonyl (C=O) groups excluding carboxylic acids is 2. The van der Waals surface area contributed by atoms with E-state index in [4.69, 9.17) is 16.6 Å². The van der Waals surface area contributed by atoms with Gasteiger partial charge in [0, 0.05) is 34.5 Å². The standard InChI is InChI=1S/C23H16N4O5S/c28-21(15-5-3-6-18(12-15)27(30)31)26-23(33)25-17-10-8-16(9-11-17)24-22(29)20-13-14-4-1-2-7-19(14)32-20/h1-13H,(H,24,29)(H2,25,26,28,33). The number of non-ortho nitro benzene ring substituents is 1. The molecule has 0 aliphatic rings. The zero-order valence-electron chi connectivity index (χ0n) is 16.9. The van der Waals surface area contributed by atoms with Crippen LogP contribution in [0.25, 0.3) is 11.0 Å². The highest BCUT2D eigenvalue weighted by atomic mass is 32.1. The zero-order chi connectivity index (χ0) is 23.4. The van der Waals surface area contributed by atoms with Gasteiger partial charge < -0.3 is 15.1 Å². The lowest BCUT2D eigenvalue weighted by atomic mass is 10.2. The molecule has 0 spiro atoms. The van der Waals surface area contributed by atoms with Gasteiger partial charge in [-0.15, -0.1) is 0 Å². The number of nitro groups is 1. The quantitative estimate of drug-likeness (QED) is 0.223. The summed E-state index contributed by atoms with van der Waals surface area (Å²) in [6, 6.07) is 21.0. The molecular weight excluding hydrogens is 444 g/mol. The lowest BCUT2D eigenvalue weighted by molar-refractivity contribution is -0.384. The molecule has 0 unspecified atom stereocenters. The molecular formula is C23H16N4O5S. The predicted octanol–water partition coefficient (Wildman–Crippen LogP) is 4.72. The lowest BCUT2D eigenvalue weighted by Crippen LogP contribution is -2.34. The molecule has 0 atom stereocenters. The molecule has 1 heterocycles. The van der Waals surface area contributed by atoms with Crippen LogP contribution in [-0.4, -0.2) is 21.9 Å². The molecule has 0 bridgehead atoms. The Kier molecular flexibility index (Phi) is 6.09. The van der Waals surface area contributed by atoms with E-state index >= 15 is 0 Å². The van der Waals surface area contributed by atoms with Gasteiger partial charge in [0.25, 0.3) is 17.5 Å². The maximum atomic E-state index is 12.4. The topological polar surface area (TPSA) is 127 Å². The number of para-hydroxylation sites is 1. The predicted molar refractivity (Wildman–Crippen MR) is 127 cm³/mol. The highest BCUT2D eigenvalue weighted by Crippen LogP contribution is 2.21.